The summed E-state index contributed by atoms with van der Waals surface area (Å²) in [5.74, 6) is -0.602. The number of hydrogen-bond donors (Lipinski definition) is 1. The van der Waals surface area contributed by atoms with Crippen molar-refractivity contribution < 1.29 is 19.1 Å². The molecular formula is C9H14N2O4S. The lowest BCUT2D eigenvalue weighted by Crippen LogP contribution is -2.48. The zero-order valence-corrected chi connectivity index (χ0v) is 9.84. The number of carbonyl (C=O) groups is 2. The lowest BCUT2D eigenvalue weighted by molar-refractivity contribution is -0.114. The van der Waals surface area contributed by atoms with E-state index in [9.17, 15) is 9.59 Å². The van der Waals surface area contributed by atoms with Gasteiger partial charge in [-0.25, -0.2) is 4.79 Å². The van der Waals surface area contributed by atoms with Gasteiger partial charge in [0, 0.05) is 13.1 Å². The van der Waals surface area contributed by atoms with Gasteiger partial charge in [0.15, 0.2) is 4.99 Å². The number of rotatable bonds is 1. The Morgan fingerprint density at radius 3 is 2.62 bits per heavy atom. The highest BCUT2D eigenvalue weighted by Gasteiger charge is 2.21. The van der Waals surface area contributed by atoms with E-state index in [1.54, 1.807) is 11.8 Å². The minimum absolute atomic E-state index is 0.0938. The van der Waals surface area contributed by atoms with Crippen molar-refractivity contribution in [2.45, 2.75) is 6.92 Å². The summed E-state index contributed by atoms with van der Waals surface area (Å²) < 4.78 is 9.70. The summed E-state index contributed by atoms with van der Waals surface area (Å²) in [4.78, 5) is 24.3. The quantitative estimate of drug-likeness (QED) is 0.653. The highest BCUT2D eigenvalue weighted by Crippen LogP contribution is 1.99. The van der Waals surface area contributed by atoms with Gasteiger partial charge in [-0.15, -0.1) is 0 Å². The van der Waals surface area contributed by atoms with Crippen LogP contribution in [0.2, 0.25) is 0 Å². The maximum absolute atomic E-state index is 11.5. The Bertz CT molecular complexity index is 289. The molecule has 1 N–H and O–H groups in total. The Hall–Kier alpha value is -1.21. The number of nitrogens with one attached hydrogen (secondary N) is 1. The van der Waals surface area contributed by atoms with E-state index in [2.05, 4.69) is 10.1 Å². The average molecular weight is 246 g/mol. The van der Waals surface area contributed by atoms with Crippen molar-refractivity contribution in [1.29, 1.82) is 0 Å². The molecule has 1 fully saturated rings. The van der Waals surface area contributed by atoms with Crippen LogP contribution in [0.5, 0.6) is 0 Å². The third kappa shape index (κ3) is 3.74. The van der Waals surface area contributed by atoms with Crippen molar-refractivity contribution >= 4 is 29.2 Å². The van der Waals surface area contributed by atoms with Crippen LogP contribution in [0.25, 0.3) is 0 Å². The van der Waals surface area contributed by atoms with Gasteiger partial charge >= 0.3 is 6.09 Å². The van der Waals surface area contributed by atoms with Crippen molar-refractivity contribution in [2.75, 3.05) is 32.9 Å². The molecular weight excluding hydrogens is 232 g/mol. The predicted molar refractivity (Wildman–Crippen MR) is 60.2 cm³/mol. The second-order valence-corrected chi connectivity index (χ2v) is 3.47. The molecule has 16 heavy (non-hydrogen) atoms. The van der Waals surface area contributed by atoms with Crippen LogP contribution in [0.4, 0.5) is 4.79 Å². The number of alkyl carbamates (subject to hydrolysis) is 1. The van der Waals surface area contributed by atoms with Gasteiger partial charge in [0.25, 0.3) is 5.91 Å². The van der Waals surface area contributed by atoms with Crippen molar-refractivity contribution in [3.63, 3.8) is 0 Å². The molecule has 90 valence electrons. The lowest BCUT2D eigenvalue weighted by atomic mass is 10.4. The maximum atomic E-state index is 11.5. The first-order chi connectivity index (χ1) is 7.65. The minimum Gasteiger partial charge on any atom is -0.450 e. The first kappa shape index (κ1) is 12.9. The van der Waals surface area contributed by atoms with Gasteiger partial charge in [-0.3, -0.25) is 10.1 Å². The zero-order valence-electron chi connectivity index (χ0n) is 9.02. The van der Waals surface area contributed by atoms with E-state index in [-0.39, 0.29) is 11.6 Å². The van der Waals surface area contributed by atoms with Crippen LogP contribution in [0, 0.1) is 0 Å². The van der Waals surface area contributed by atoms with Crippen LogP contribution >= 0.6 is 12.2 Å². The summed E-state index contributed by atoms with van der Waals surface area (Å²) in [6.45, 7) is 4.07. The van der Waals surface area contributed by atoms with E-state index in [0.29, 0.717) is 26.3 Å². The summed E-state index contributed by atoms with van der Waals surface area (Å²) in [6, 6.07) is 0. The van der Waals surface area contributed by atoms with Crippen LogP contribution in [0.3, 0.4) is 0 Å². The zero-order chi connectivity index (χ0) is 12.0. The van der Waals surface area contributed by atoms with Crippen molar-refractivity contribution in [1.82, 2.24) is 10.2 Å². The van der Waals surface area contributed by atoms with E-state index in [1.165, 1.54) is 0 Å². The number of morpholine rings is 1. The standard InChI is InChI=1S/C9H14N2O4S/c1-2-15-9(13)10-7(12)8(16)11-3-5-14-6-4-11/h2-6H2,1H3,(H,10,12,13). The third-order valence-electron chi connectivity index (χ3n) is 1.98. The van der Waals surface area contributed by atoms with E-state index in [4.69, 9.17) is 17.0 Å². The van der Waals surface area contributed by atoms with E-state index >= 15 is 0 Å². The molecule has 0 aromatic carbocycles. The fourth-order valence-electron chi connectivity index (χ4n) is 1.22. The van der Waals surface area contributed by atoms with Gasteiger partial charge in [-0.05, 0) is 6.92 Å². The van der Waals surface area contributed by atoms with E-state index in [0.717, 1.165) is 0 Å². The molecule has 0 aliphatic carbocycles. The van der Waals surface area contributed by atoms with Gasteiger partial charge in [-0.1, -0.05) is 12.2 Å². The predicted octanol–water partition coefficient (Wildman–Crippen LogP) is -0.0813. The van der Waals surface area contributed by atoms with Crippen LogP contribution in [0.15, 0.2) is 0 Å². The molecule has 0 atom stereocenters. The van der Waals surface area contributed by atoms with Gasteiger partial charge in [0.05, 0.1) is 19.8 Å². The average Bonchev–Trinajstić information content (AvgIpc) is 2.29. The second-order valence-electron chi connectivity index (χ2n) is 3.08. The molecule has 0 aromatic heterocycles. The lowest BCUT2D eigenvalue weighted by Gasteiger charge is -2.28. The summed E-state index contributed by atoms with van der Waals surface area (Å²) in [7, 11) is 0. The molecule has 7 heteroatoms. The van der Waals surface area contributed by atoms with Crippen LogP contribution in [0.1, 0.15) is 6.92 Å². The summed E-state index contributed by atoms with van der Waals surface area (Å²) in [5, 5.41) is 2.05. The molecule has 0 bridgehead atoms. The molecule has 1 heterocycles. The highest BCUT2D eigenvalue weighted by molar-refractivity contribution is 7.82. The van der Waals surface area contributed by atoms with Gasteiger partial charge in [-0.2, -0.15) is 0 Å². The molecule has 0 aromatic rings. The summed E-state index contributed by atoms with van der Waals surface area (Å²) in [6.07, 6.45) is -0.775. The molecule has 1 saturated heterocycles. The molecule has 1 rings (SSSR count). The summed E-state index contributed by atoms with van der Waals surface area (Å²) >= 11 is 4.95. The van der Waals surface area contributed by atoms with Gasteiger partial charge < -0.3 is 14.4 Å². The molecule has 1 aliphatic heterocycles. The fourth-order valence-corrected chi connectivity index (χ4v) is 1.46. The summed E-state index contributed by atoms with van der Waals surface area (Å²) in [5.41, 5.74) is 0. The molecule has 0 saturated carbocycles. The van der Waals surface area contributed by atoms with Crippen LogP contribution in [-0.4, -0.2) is 54.8 Å². The Morgan fingerprint density at radius 2 is 2.06 bits per heavy atom. The second kappa shape index (κ2) is 6.39. The third-order valence-corrected chi connectivity index (χ3v) is 2.43. The Balaban J connectivity index is 2.40. The Kier molecular flexibility index (Phi) is 5.13. The smallest absolute Gasteiger partial charge is 0.414 e. The minimum atomic E-state index is -0.775. The number of nitrogens with zero attached hydrogens (tertiary/aromatic N) is 1. The van der Waals surface area contributed by atoms with Gasteiger partial charge in [0.1, 0.15) is 0 Å². The number of imide groups is 1. The number of thiocarbonyl (C=S) groups is 1. The van der Waals surface area contributed by atoms with Crippen molar-refractivity contribution in [2.24, 2.45) is 0 Å². The first-order valence-electron chi connectivity index (χ1n) is 5.00. The molecule has 0 spiro atoms. The van der Waals surface area contributed by atoms with Crippen LogP contribution < -0.4 is 5.32 Å². The monoisotopic (exact) mass is 246 g/mol. The Labute approximate surface area is 98.9 Å². The molecule has 2 amide bonds. The van der Waals surface area contributed by atoms with Gasteiger partial charge in [0.2, 0.25) is 0 Å². The van der Waals surface area contributed by atoms with Crippen LogP contribution in [-0.2, 0) is 14.3 Å². The van der Waals surface area contributed by atoms with Crippen molar-refractivity contribution in [3.8, 4) is 0 Å². The highest BCUT2D eigenvalue weighted by atomic mass is 32.1. The number of hydrogen-bond acceptors (Lipinski definition) is 5. The fraction of sp³-hybridized carbons (Fsp3) is 0.667. The molecule has 6 nitrogen and oxygen atoms in total. The van der Waals surface area contributed by atoms with Crippen molar-refractivity contribution in [3.05, 3.63) is 0 Å². The number of ether oxygens (including phenoxy) is 2. The topological polar surface area (TPSA) is 67.9 Å². The SMILES string of the molecule is CCOC(=O)NC(=O)C(=S)N1CCOCC1. The normalized spacial score (nSPS) is 15.4. The Morgan fingerprint density at radius 1 is 1.44 bits per heavy atom. The van der Waals surface area contributed by atoms with E-state index < -0.39 is 12.0 Å². The number of amides is 2. The molecule has 0 unspecified atom stereocenters. The largest absolute Gasteiger partial charge is 0.450 e. The maximum Gasteiger partial charge on any atom is 0.414 e. The number of carbonyl (C=O) groups excluding carboxylic acids is 2. The molecule has 1 aliphatic rings. The first-order valence-corrected chi connectivity index (χ1v) is 5.40. The molecule has 0 radical (unpaired) electrons. The van der Waals surface area contributed by atoms with E-state index in [1.807, 2.05) is 0 Å².